The number of aromatic nitrogens is 2. The number of carbonyl (C=O) groups is 3. The molecule has 0 unspecified atom stereocenters. The van der Waals surface area contributed by atoms with Crippen LogP contribution >= 0.6 is 0 Å². The first-order valence-electron chi connectivity index (χ1n) is 9.33. The zero-order chi connectivity index (χ0) is 21.5. The number of para-hydroxylation sites is 1. The van der Waals surface area contributed by atoms with Crippen LogP contribution in [0.2, 0.25) is 0 Å². The lowest BCUT2D eigenvalue weighted by Gasteiger charge is -2.06. The fourth-order valence-electron chi connectivity index (χ4n) is 2.77. The highest BCUT2D eigenvalue weighted by Gasteiger charge is 2.21. The molecule has 0 aliphatic heterocycles. The minimum absolute atomic E-state index is 0.122. The van der Waals surface area contributed by atoms with Crippen molar-refractivity contribution in [2.75, 3.05) is 13.2 Å². The van der Waals surface area contributed by atoms with Crippen LogP contribution in [0.25, 0.3) is 16.9 Å². The Morgan fingerprint density at radius 2 is 1.80 bits per heavy atom. The summed E-state index contributed by atoms with van der Waals surface area (Å²) in [5, 5.41) is 6.53. The van der Waals surface area contributed by atoms with Gasteiger partial charge >= 0.3 is 12.1 Å². The molecule has 0 bridgehead atoms. The number of nitrogens with one attached hydrogen (secondary N) is 1. The van der Waals surface area contributed by atoms with Gasteiger partial charge in [0.05, 0.1) is 12.3 Å². The fraction of sp³-hybridized carbons (Fsp3) is 0.182. The summed E-state index contributed by atoms with van der Waals surface area (Å²) in [5.41, 5.74) is 3.15. The second kappa shape index (κ2) is 9.51. The molecule has 0 radical (unpaired) electrons. The normalized spacial score (nSPS) is 10.3. The maximum absolute atomic E-state index is 12.7. The highest BCUT2D eigenvalue weighted by Crippen LogP contribution is 2.25. The predicted octanol–water partition coefficient (Wildman–Crippen LogP) is 3.28. The van der Waals surface area contributed by atoms with Crippen LogP contribution in [0.1, 0.15) is 22.8 Å². The van der Waals surface area contributed by atoms with E-state index in [0.29, 0.717) is 5.69 Å². The molecule has 1 N–H and O–H groups in total. The summed E-state index contributed by atoms with van der Waals surface area (Å²) in [6.07, 6.45) is 0.661. The minimum atomic E-state index is -0.893. The van der Waals surface area contributed by atoms with Crippen molar-refractivity contribution in [3.63, 3.8) is 0 Å². The molecule has 1 aromatic heterocycles. The molecule has 0 saturated heterocycles. The molecular weight excluding hydrogens is 386 g/mol. The largest absolute Gasteiger partial charge is 0.452 e. The monoisotopic (exact) mass is 407 g/mol. The average Bonchev–Trinajstić information content (AvgIpc) is 3.18. The van der Waals surface area contributed by atoms with Crippen LogP contribution in [0.5, 0.6) is 0 Å². The van der Waals surface area contributed by atoms with Crippen molar-refractivity contribution >= 4 is 18.0 Å². The van der Waals surface area contributed by atoms with E-state index < -0.39 is 24.6 Å². The number of amides is 2. The van der Waals surface area contributed by atoms with Crippen molar-refractivity contribution in [2.45, 2.75) is 13.8 Å². The molecule has 8 heteroatoms. The van der Waals surface area contributed by atoms with E-state index in [1.165, 1.54) is 0 Å². The quantitative estimate of drug-likeness (QED) is 0.630. The van der Waals surface area contributed by atoms with Gasteiger partial charge in [0, 0.05) is 11.8 Å². The molecule has 30 heavy (non-hydrogen) atoms. The number of alkyl carbamates (subject to hydrolysis) is 1. The van der Waals surface area contributed by atoms with Gasteiger partial charge in [0.25, 0.3) is 5.91 Å². The molecule has 2 aromatic carbocycles. The summed E-state index contributed by atoms with van der Waals surface area (Å²) in [6, 6.07) is 16.9. The van der Waals surface area contributed by atoms with Crippen LogP contribution in [-0.4, -0.2) is 41.0 Å². The summed E-state index contributed by atoms with van der Waals surface area (Å²) in [5.74, 6) is -1.51. The van der Waals surface area contributed by atoms with E-state index in [0.717, 1.165) is 16.8 Å². The van der Waals surface area contributed by atoms with Crippen LogP contribution < -0.4 is 5.32 Å². The summed E-state index contributed by atoms with van der Waals surface area (Å²) in [6.45, 7) is 3.05. The average molecular weight is 407 g/mol. The number of carbonyl (C=O) groups excluding carboxylic acids is 3. The smallest absolute Gasteiger partial charge is 0.413 e. The zero-order valence-corrected chi connectivity index (χ0v) is 16.6. The van der Waals surface area contributed by atoms with Gasteiger partial charge in [-0.25, -0.2) is 14.3 Å². The van der Waals surface area contributed by atoms with Crippen LogP contribution in [0.3, 0.4) is 0 Å². The lowest BCUT2D eigenvalue weighted by atomic mass is 10.1. The van der Waals surface area contributed by atoms with Crippen LogP contribution in [0, 0.1) is 6.92 Å². The number of ether oxygens (including phenoxy) is 2. The molecule has 1 heterocycles. The van der Waals surface area contributed by atoms with E-state index in [1.54, 1.807) is 17.8 Å². The number of aryl methyl sites for hydroxylation is 1. The van der Waals surface area contributed by atoms with Gasteiger partial charge in [0.15, 0.2) is 6.61 Å². The maximum Gasteiger partial charge on any atom is 0.413 e. The lowest BCUT2D eigenvalue weighted by Crippen LogP contribution is -2.34. The Hall–Kier alpha value is -3.94. The van der Waals surface area contributed by atoms with Gasteiger partial charge in [-0.1, -0.05) is 42.0 Å². The Balaban J connectivity index is 1.85. The van der Waals surface area contributed by atoms with Crippen molar-refractivity contribution in [1.82, 2.24) is 15.1 Å². The van der Waals surface area contributed by atoms with Crippen molar-refractivity contribution in [2.24, 2.45) is 0 Å². The van der Waals surface area contributed by atoms with E-state index in [9.17, 15) is 14.4 Å². The molecule has 8 nitrogen and oxygen atoms in total. The molecular formula is C22H21N3O5. The molecule has 0 aliphatic rings. The summed E-state index contributed by atoms with van der Waals surface area (Å²) in [4.78, 5) is 35.8. The molecule has 2 amide bonds. The second-order valence-corrected chi connectivity index (χ2v) is 6.39. The number of benzene rings is 2. The molecule has 0 spiro atoms. The van der Waals surface area contributed by atoms with E-state index in [-0.39, 0.29) is 12.2 Å². The van der Waals surface area contributed by atoms with Gasteiger partial charge < -0.3 is 9.47 Å². The summed E-state index contributed by atoms with van der Waals surface area (Å²) >= 11 is 0. The van der Waals surface area contributed by atoms with Gasteiger partial charge in [-0.05, 0) is 32.0 Å². The van der Waals surface area contributed by atoms with Gasteiger partial charge in [-0.2, -0.15) is 5.10 Å². The Kier molecular flexibility index (Phi) is 6.59. The van der Waals surface area contributed by atoms with Gasteiger partial charge in [0.1, 0.15) is 11.3 Å². The second-order valence-electron chi connectivity index (χ2n) is 6.39. The SMILES string of the molecule is CCOC(=O)NC(=O)COC(=O)c1cn(-c2ccccc2)nc1-c1cccc(C)c1. The number of hydrogen-bond donors (Lipinski definition) is 1. The first kappa shape index (κ1) is 20.8. The first-order chi connectivity index (χ1) is 14.5. The third-order valence-corrected chi connectivity index (χ3v) is 4.10. The number of imide groups is 1. The Morgan fingerprint density at radius 1 is 1.03 bits per heavy atom. The van der Waals surface area contributed by atoms with Gasteiger partial charge in [-0.15, -0.1) is 0 Å². The highest BCUT2D eigenvalue weighted by molar-refractivity contribution is 5.98. The number of nitrogens with zero attached hydrogens (tertiary/aromatic N) is 2. The molecule has 154 valence electrons. The Morgan fingerprint density at radius 3 is 2.50 bits per heavy atom. The number of esters is 1. The first-order valence-corrected chi connectivity index (χ1v) is 9.33. The third-order valence-electron chi connectivity index (χ3n) is 4.10. The standard InChI is InChI=1S/C22H21N3O5/c1-3-29-22(28)23-19(26)14-30-21(27)18-13-25(17-10-5-4-6-11-17)24-20(18)16-9-7-8-15(2)12-16/h4-13H,3,14H2,1-2H3,(H,23,26,28). The molecule has 0 aliphatic carbocycles. The van der Waals surface area contributed by atoms with Crippen molar-refractivity contribution in [3.8, 4) is 16.9 Å². The third kappa shape index (κ3) is 5.11. The van der Waals surface area contributed by atoms with E-state index in [2.05, 4.69) is 9.84 Å². The number of rotatable bonds is 6. The predicted molar refractivity (Wildman–Crippen MR) is 109 cm³/mol. The topological polar surface area (TPSA) is 99.5 Å². The fourth-order valence-corrected chi connectivity index (χ4v) is 2.77. The molecule has 0 fully saturated rings. The summed E-state index contributed by atoms with van der Waals surface area (Å²) in [7, 11) is 0. The minimum Gasteiger partial charge on any atom is -0.452 e. The highest BCUT2D eigenvalue weighted by atomic mass is 16.6. The van der Waals surface area contributed by atoms with Crippen LogP contribution in [0.4, 0.5) is 4.79 Å². The van der Waals surface area contributed by atoms with Crippen molar-refractivity contribution < 1.29 is 23.9 Å². The zero-order valence-electron chi connectivity index (χ0n) is 16.6. The molecule has 0 saturated carbocycles. The molecule has 0 atom stereocenters. The van der Waals surface area contributed by atoms with E-state index in [4.69, 9.17) is 4.74 Å². The van der Waals surface area contributed by atoms with Crippen LogP contribution in [-0.2, 0) is 14.3 Å². The van der Waals surface area contributed by atoms with Crippen LogP contribution in [0.15, 0.2) is 60.8 Å². The van der Waals surface area contributed by atoms with Gasteiger partial charge in [-0.3, -0.25) is 10.1 Å². The molecule has 3 aromatic rings. The lowest BCUT2D eigenvalue weighted by molar-refractivity contribution is -0.123. The van der Waals surface area contributed by atoms with E-state index in [1.807, 2.05) is 66.8 Å². The maximum atomic E-state index is 12.7. The number of hydrogen-bond acceptors (Lipinski definition) is 6. The van der Waals surface area contributed by atoms with E-state index >= 15 is 0 Å². The van der Waals surface area contributed by atoms with Gasteiger partial charge in [0.2, 0.25) is 0 Å². The Bertz CT molecular complexity index is 1060. The van der Waals surface area contributed by atoms with Crippen molar-refractivity contribution in [1.29, 1.82) is 0 Å². The summed E-state index contributed by atoms with van der Waals surface area (Å²) < 4.78 is 11.3. The van der Waals surface area contributed by atoms with Crippen molar-refractivity contribution in [3.05, 3.63) is 71.9 Å². The Labute approximate surface area is 173 Å². The molecule has 3 rings (SSSR count).